The molecule has 12 unspecified atom stereocenters. The van der Waals surface area contributed by atoms with Crippen molar-refractivity contribution in [1.29, 1.82) is 0 Å². The van der Waals surface area contributed by atoms with Crippen molar-refractivity contribution in [3.05, 3.63) is 24.3 Å². The first-order valence-corrected chi connectivity index (χ1v) is 23.1. The summed E-state index contributed by atoms with van der Waals surface area (Å²) in [6, 6.07) is -0.922. The summed E-state index contributed by atoms with van der Waals surface area (Å²) in [5.74, 6) is -0.303. The van der Waals surface area contributed by atoms with Gasteiger partial charge < -0.3 is 65.1 Å². The fourth-order valence-electron chi connectivity index (χ4n) is 7.58. The van der Waals surface area contributed by atoms with Crippen LogP contribution in [0.5, 0.6) is 0 Å². The van der Waals surface area contributed by atoms with Crippen molar-refractivity contribution in [3.63, 3.8) is 0 Å². The highest BCUT2D eigenvalue weighted by Gasteiger charge is 2.50. The van der Waals surface area contributed by atoms with Crippen LogP contribution in [0.4, 0.5) is 0 Å². The number of carbonyl (C=O) groups is 1. The zero-order chi connectivity index (χ0) is 43.3. The first kappa shape index (κ1) is 53.6. The fourth-order valence-corrected chi connectivity index (χ4v) is 7.58. The van der Waals surface area contributed by atoms with Crippen LogP contribution in [0.3, 0.4) is 0 Å². The van der Waals surface area contributed by atoms with Gasteiger partial charge in [0.2, 0.25) is 5.91 Å². The Morgan fingerprint density at radius 1 is 0.593 bits per heavy atom. The Bertz CT molecular complexity index is 1090. The van der Waals surface area contributed by atoms with Crippen molar-refractivity contribution < 1.29 is 64.6 Å². The Balaban J connectivity index is 1.66. The molecule has 14 nitrogen and oxygen atoms in total. The van der Waals surface area contributed by atoms with Crippen LogP contribution in [0.15, 0.2) is 24.3 Å². The third-order valence-corrected chi connectivity index (χ3v) is 11.4. The maximum atomic E-state index is 12.5. The summed E-state index contributed by atoms with van der Waals surface area (Å²) in [7, 11) is 0. The zero-order valence-electron chi connectivity index (χ0n) is 36.2. The molecule has 2 heterocycles. The predicted molar refractivity (Wildman–Crippen MR) is 226 cm³/mol. The lowest BCUT2D eigenvalue weighted by molar-refractivity contribution is -0.359. The number of allylic oxidation sites excluding steroid dienone is 3. The minimum absolute atomic E-state index is 0.224. The molecule has 59 heavy (non-hydrogen) atoms. The third-order valence-electron chi connectivity index (χ3n) is 11.4. The molecule has 2 saturated heterocycles. The summed E-state index contributed by atoms with van der Waals surface area (Å²) in [6.07, 6.45) is 18.7. The van der Waals surface area contributed by atoms with Gasteiger partial charge in [-0.05, 0) is 32.1 Å². The van der Waals surface area contributed by atoms with Crippen LogP contribution in [0.25, 0.3) is 0 Å². The molecule has 0 spiro atoms. The fraction of sp³-hybridized carbons (Fsp3) is 0.889. The Kier molecular flexibility index (Phi) is 30.1. The number of rotatable bonds is 34. The van der Waals surface area contributed by atoms with Gasteiger partial charge in [-0.15, -0.1) is 0 Å². The minimum Gasteiger partial charge on any atom is -0.394 e. The average Bonchev–Trinajstić information content (AvgIpc) is 3.23. The second-order valence-corrected chi connectivity index (χ2v) is 16.5. The molecule has 9 N–H and O–H groups in total. The van der Waals surface area contributed by atoms with Gasteiger partial charge in [0, 0.05) is 6.42 Å². The van der Waals surface area contributed by atoms with Crippen LogP contribution in [-0.4, -0.2) is 140 Å². The maximum Gasteiger partial charge on any atom is 0.220 e. The lowest BCUT2D eigenvalue weighted by atomic mass is 9.97. The van der Waals surface area contributed by atoms with E-state index >= 15 is 0 Å². The first-order valence-electron chi connectivity index (χ1n) is 23.1. The van der Waals surface area contributed by atoms with E-state index in [9.17, 15) is 45.6 Å². The lowest BCUT2D eigenvalue weighted by Gasteiger charge is -2.46. The molecule has 1 amide bonds. The van der Waals surface area contributed by atoms with Crippen LogP contribution < -0.4 is 5.32 Å². The Morgan fingerprint density at radius 2 is 1.08 bits per heavy atom. The summed E-state index contributed by atoms with van der Waals surface area (Å²) in [5, 5.41) is 85.5. The van der Waals surface area contributed by atoms with Crippen molar-refractivity contribution in [2.24, 2.45) is 0 Å². The molecule has 2 fully saturated rings. The second kappa shape index (κ2) is 33.1. The van der Waals surface area contributed by atoms with E-state index in [2.05, 4.69) is 24.4 Å². The molecule has 0 aromatic rings. The number of ether oxygens (including phenoxy) is 4. The van der Waals surface area contributed by atoms with Crippen molar-refractivity contribution in [2.75, 3.05) is 19.8 Å². The molecule has 0 bridgehead atoms. The molecule has 0 radical (unpaired) electrons. The normalized spacial score (nSPS) is 28.7. The lowest BCUT2D eigenvalue weighted by Crippen LogP contribution is -2.65. The number of aliphatic hydroxyl groups is 8. The SMILES string of the molecule is CCCCCCCCCCCCCCCCCCCC/C=C/CC/C=C/C(O)C(COC1OC(CO)C(OC2OC(CO)C(O)C(O)C2O)C(O)C1O)NC(=O)CCC. The topological polar surface area (TPSA) is 228 Å². The molecule has 12 atom stereocenters. The van der Waals surface area contributed by atoms with Crippen molar-refractivity contribution in [2.45, 2.75) is 235 Å². The van der Waals surface area contributed by atoms with Crippen LogP contribution in [0.1, 0.15) is 162 Å². The van der Waals surface area contributed by atoms with Gasteiger partial charge in [-0.3, -0.25) is 4.79 Å². The number of hydrogen-bond donors (Lipinski definition) is 9. The maximum absolute atomic E-state index is 12.5. The molecule has 0 aromatic heterocycles. The van der Waals surface area contributed by atoms with Crippen molar-refractivity contribution in [1.82, 2.24) is 5.32 Å². The third kappa shape index (κ3) is 21.4. The van der Waals surface area contributed by atoms with Gasteiger partial charge in [0.25, 0.3) is 0 Å². The molecule has 2 aliphatic heterocycles. The van der Waals surface area contributed by atoms with E-state index in [0.717, 1.165) is 12.8 Å². The molecule has 0 aliphatic carbocycles. The Labute approximate surface area is 354 Å². The average molecular weight is 846 g/mol. The Hall–Kier alpha value is -1.53. The number of aliphatic hydroxyl groups excluding tert-OH is 8. The second-order valence-electron chi connectivity index (χ2n) is 16.5. The van der Waals surface area contributed by atoms with E-state index in [0.29, 0.717) is 12.8 Å². The molecule has 14 heteroatoms. The van der Waals surface area contributed by atoms with Gasteiger partial charge in [0.15, 0.2) is 12.6 Å². The van der Waals surface area contributed by atoms with E-state index in [1.54, 1.807) is 6.08 Å². The molecule has 0 saturated carbocycles. The van der Waals surface area contributed by atoms with Gasteiger partial charge in [-0.2, -0.15) is 0 Å². The molecule has 2 rings (SSSR count). The van der Waals surface area contributed by atoms with Crippen molar-refractivity contribution >= 4 is 5.91 Å². The van der Waals surface area contributed by atoms with Gasteiger partial charge in [-0.1, -0.05) is 147 Å². The first-order chi connectivity index (χ1) is 28.6. The van der Waals surface area contributed by atoms with E-state index in [4.69, 9.17) is 18.9 Å². The summed E-state index contributed by atoms with van der Waals surface area (Å²) in [6.45, 7) is 2.38. The monoisotopic (exact) mass is 846 g/mol. The standard InChI is InChI=1S/C45H83NO13/c1-3-5-6-7-8-9-10-11-12-13-14-15-16-17-18-19-20-21-22-23-24-25-26-27-29-34(49)33(46-37(50)28-4-2)32-56-44-42(55)40(53)43(36(31-48)58-44)59-45-41(54)39(52)38(51)35(30-47)57-45/h23-24,27,29,33-36,38-45,47-49,51-55H,3-22,25-26,28,30-32H2,1-2H3,(H,46,50)/b24-23+,29-27+. The van der Waals surface area contributed by atoms with Gasteiger partial charge >= 0.3 is 0 Å². The number of unbranched alkanes of at least 4 members (excludes halogenated alkanes) is 19. The zero-order valence-corrected chi connectivity index (χ0v) is 36.2. The smallest absolute Gasteiger partial charge is 0.220 e. The van der Waals surface area contributed by atoms with E-state index in [1.165, 1.54) is 116 Å². The number of hydrogen-bond acceptors (Lipinski definition) is 13. The van der Waals surface area contributed by atoms with Gasteiger partial charge in [0.05, 0.1) is 32.0 Å². The molecule has 0 aromatic carbocycles. The quantitative estimate of drug-likeness (QED) is 0.0319. The largest absolute Gasteiger partial charge is 0.394 e. The highest BCUT2D eigenvalue weighted by molar-refractivity contribution is 5.76. The van der Waals surface area contributed by atoms with E-state index in [-0.39, 0.29) is 18.9 Å². The van der Waals surface area contributed by atoms with Crippen LogP contribution in [-0.2, 0) is 23.7 Å². The van der Waals surface area contributed by atoms with Gasteiger partial charge in [0.1, 0.15) is 48.8 Å². The number of nitrogens with one attached hydrogen (secondary N) is 1. The molecule has 2 aliphatic rings. The molecular formula is C45H83NO13. The highest BCUT2D eigenvalue weighted by atomic mass is 16.7. The number of amides is 1. The number of carbonyl (C=O) groups excluding carboxylic acids is 1. The van der Waals surface area contributed by atoms with Gasteiger partial charge in [-0.25, -0.2) is 0 Å². The van der Waals surface area contributed by atoms with E-state index < -0.39 is 86.8 Å². The van der Waals surface area contributed by atoms with Crippen LogP contribution in [0, 0.1) is 0 Å². The molecular weight excluding hydrogens is 762 g/mol. The summed E-state index contributed by atoms with van der Waals surface area (Å²) >= 11 is 0. The van der Waals surface area contributed by atoms with Crippen LogP contribution in [0.2, 0.25) is 0 Å². The summed E-state index contributed by atoms with van der Waals surface area (Å²) in [4.78, 5) is 12.5. The minimum atomic E-state index is -1.79. The Morgan fingerprint density at radius 3 is 1.63 bits per heavy atom. The molecule has 346 valence electrons. The summed E-state index contributed by atoms with van der Waals surface area (Å²) in [5.41, 5.74) is 0. The summed E-state index contributed by atoms with van der Waals surface area (Å²) < 4.78 is 22.3. The van der Waals surface area contributed by atoms with Crippen LogP contribution >= 0.6 is 0 Å². The predicted octanol–water partition coefficient (Wildman–Crippen LogP) is 4.60. The highest BCUT2D eigenvalue weighted by Crippen LogP contribution is 2.30. The van der Waals surface area contributed by atoms with Crippen molar-refractivity contribution in [3.8, 4) is 0 Å². The van der Waals surface area contributed by atoms with E-state index in [1.807, 2.05) is 13.0 Å².